The fraction of sp³-hybridized carbons (Fsp3) is 1.00. The van der Waals surface area contributed by atoms with Crippen molar-refractivity contribution in [1.29, 1.82) is 0 Å². The molecule has 0 heterocycles. The molecule has 0 aliphatic heterocycles. The van der Waals surface area contributed by atoms with Crippen molar-refractivity contribution in [3.05, 3.63) is 0 Å². The van der Waals surface area contributed by atoms with Crippen LogP contribution in [0.25, 0.3) is 0 Å². The molecule has 0 aromatic heterocycles. The largest absolute Gasteiger partial charge is 0.385 e. The molecule has 0 spiro atoms. The molecule has 0 aromatic rings. The molecule has 1 rings (SSSR count). The van der Waals surface area contributed by atoms with Gasteiger partial charge in [-0.1, -0.05) is 25.7 Å². The molecule has 1 fully saturated rings. The first kappa shape index (κ1) is 13.0. The van der Waals surface area contributed by atoms with Gasteiger partial charge in [0.25, 0.3) is 0 Å². The van der Waals surface area contributed by atoms with Crippen LogP contribution in [0.1, 0.15) is 51.9 Å². The predicted octanol–water partition coefficient (Wildman–Crippen LogP) is 2.97. The van der Waals surface area contributed by atoms with Crippen LogP contribution in [0.3, 0.4) is 0 Å². The van der Waals surface area contributed by atoms with E-state index in [1.807, 2.05) is 0 Å². The second-order valence-corrected chi connectivity index (χ2v) is 4.84. The van der Waals surface area contributed by atoms with Crippen molar-refractivity contribution >= 4 is 0 Å². The first-order valence-corrected chi connectivity index (χ1v) is 6.57. The third kappa shape index (κ3) is 5.53. The van der Waals surface area contributed by atoms with Crippen LogP contribution in [0.5, 0.6) is 0 Å². The zero-order valence-corrected chi connectivity index (χ0v) is 10.4. The molecular formula is C13H27NO. The lowest BCUT2D eigenvalue weighted by atomic mass is 9.93. The summed E-state index contributed by atoms with van der Waals surface area (Å²) in [5, 5.41) is 3.63. The summed E-state index contributed by atoms with van der Waals surface area (Å²) in [4.78, 5) is 0. The van der Waals surface area contributed by atoms with Crippen molar-refractivity contribution in [1.82, 2.24) is 5.32 Å². The van der Waals surface area contributed by atoms with Crippen LogP contribution in [0.4, 0.5) is 0 Å². The van der Waals surface area contributed by atoms with Crippen molar-refractivity contribution in [3.63, 3.8) is 0 Å². The minimum absolute atomic E-state index is 0.694. The first-order chi connectivity index (χ1) is 7.34. The highest BCUT2D eigenvalue weighted by Gasteiger charge is 2.17. The van der Waals surface area contributed by atoms with Crippen molar-refractivity contribution in [3.8, 4) is 0 Å². The van der Waals surface area contributed by atoms with E-state index in [0.29, 0.717) is 6.04 Å². The van der Waals surface area contributed by atoms with Crippen LogP contribution in [-0.2, 0) is 4.74 Å². The lowest BCUT2D eigenvalue weighted by Crippen LogP contribution is -2.34. The summed E-state index contributed by atoms with van der Waals surface area (Å²) >= 11 is 0. The average Bonchev–Trinajstić information content (AvgIpc) is 2.52. The molecule has 1 atom stereocenters. The van der Waals surface area contributed by atoms with Crippen LogP contribution < -0.4 is 5.32 Å². The molecule has 15 heavy (non-hydrogen) atoms. The Morgan fingerprint density at radius 1 is 1.20 bits per heavy atom. The normalized spacial score (nSPS) is 21.2. The number of hydrogen-bond acceptors (Lipinski definition) is 2. The monoisotopic (exact) mass is 213 g/mol. The number of rotatable bonds is 6. The van der Waals surface area contributed by atoms with Crippen molar-refractivity contribution < 1.29 is 4.74 Å². The van der Waals surface area contributed by atoms with Gasteiger partial charge < -0.3 is 10.1 Å². The van der Waals surface area contributed by atoms with Crippen molar-refractivity contribution in [2.45, 2.75) is 57.9 Å². The summed E-state index contributed by atoms with van der Waals surface area (Å²) in [6.45, 7) is 4.33. The molecule has 1 aliphatic carbocycles. The van der Waals surface area contributed by atoms with Gasteiger partial charge in [0.15, 0.2) is 0 Å². The molecule has 0 unspecified atom stereocenters. The zero-order valence-electron chi connectivity index (χ0n) is 10.4. The Kier molecular flexibility index (Phi) is 7.03. The maximum absolute atomic E-state index is 5.05. The highest BCUT2D eigenvalue weighted by atomic mass is 16.5. The summed E-state index contributed by atoms with van der Waals surface area (Å²) < 4.78 is 5.05. The number of methoxy groups -OCH3 is 1. The fourth-order valence-electron chi connectivity index (χ4n) is 2.52. The predicted molar refractivity (Wildman–Crippen MR) is 65.1 cm³/mol. The molecule has 1 saturated carbocycles. The maximum atomic E-state index is 5.05. The topological polar surface area (TPSA) is 21.3 Å². The fourth-order valence-corrected chi connectivity index (χ4v) is 2.52. The third-order valence-electron chi connectivity index (χ3n) is 3.60. The smallest absolute Gasteiger partial charge is 0.0474 e. The van der Waals surface area contributed by atoms with E-state index in [9.17, 15) is 0 Å². The lowest BCUT2D eigenvalue weighted by Gasteiger charge is -2.23. The molecule has 0 radical (unpaired) electrons. The second-order valence-electron chi connectivity index (χ2n) is 4.84. The Morgan fingerprint density at radius 2 is 1.87 bits per heavy atom. The number of ether oxygens (including phenoxy) is 1. The molecule has 0 bridgehead atoms. The Bertz CT molecular complexity index is 141. The average molecular weight is 213 g/mol. The quantitative estimate of drug-likeness (QED) is 0.541. The Hall–Kier alpha value is -0.0800. The summed E-state index contributed by atoms with van der Waals surface area (Å²) in [5.41, 5.74) is 0. The molecule has 2 heteroatoms. The minimum Gasteiger partial charge on any atom is -0.385 e. The minimum atomic E-state index is 0.694. The van der Waals surface area contributed by atoms with Crippen molar-refractivity contribution in [2.75, 3.05) is 20.3 Å². The molecule has 1 aliphatic rings. The van der Waals surface area contributed by atoms with Crippen LogP contribution in [0.15, 0.2) is 0 Å². The highest BCUT2D eigenvalue weighted by Crippen LogP contribution is 2.25. The first-order valence-electron chi connectivity index (χ1n) is 6.57. The van der Waals surface area contributed by atoms with Crippen LogP contribution >= 0.6 is 0 Å². The molecule has 2 nitrogen and oxygen atoms in total. The highest BCUT2D eigenvalue weighted by molar-refractivity contribution is 4.74. The Balaban J connectivity index is 2.11. The van der Waals surface area contributed by atoms with Gasteiger partial charge in [-0.25, -0.2) is 0 Å². The van der Waals surface area contributed by atoms with E-state index < -0.39 is 0 Å². The molecule has 0 amide bonds. The SMILES string of the molecule is COCCCN[C@H](C)C1CCCCCC1. The third-order valence-corrected chi connectivity index (χ3v) is 3.60. The van der Waals surface area contributed by atoms with Gasteiger partial charge in [-0.2, -0.15) is 0 Å². The van der Waals surface area contributed by atoms with Crippen LogP contribution in [-0.4, -0.2) is 26.3 Å². The van der Waals surface area contributed by atoms with E-state index in [2.05, 4.69) is 12.2 Å². The van der Waals surface area contributed by atoms with E-state index in [0.717, 1.165) is 25.5 Å². The Morgan fingerprint density at radius 3 is 2.47 bits per heavy atom. The van der Waals surface area contributed by atoms with E-state index in [1.165, 1.54) is 38.5 Å². The molecule has 0 saturated heterocycles. The summed E-state index contributed by atoms with van der Waals surface area (Å²) in [7, 11) is 1.77. The van der Waals surface area contributed by atoms with Gasteiger partial charge in [-0.15, -0.1) is 0 Å². The molecular weight excluding hydrogens is 186 g/mol. The van der Waals surface area contributed by atoms with E-state index in [-0.39, 0.29) is 0 Å². The Labute approximate surface area is 94.8 Å². The zero-order chi connectivity index (χ0) is 10.9. The maximum Gasteiger partial charge on any atom is 0.0474 e. The summed E-state index contributed by atoms with van der Waals surface area (Å²) in [6.07, 6.45) is 9.77. The van der Waals surface area contributed by atoms with Gasteiger partial charge in [0.2, 0.25) is 0 Å². The summed E-state index contributed by atoms with van der Waals surface area (Å²) in [6, 6.07) is 0.694. The molecule has 90 valence electrons. The van der Waals surface area contributed by atoms with Gasteiger partial charge in [0.1, 0.15) is 0 Å². The van der Waals surface area contributed by atoms with Gasteiger partial charge in [-0.3, -0.25) is 0 Å². The van der Waals surface area contributed by atoms with E-state index >= 15 is 0 Å². The molecule has 1 N–H and O–H groups in total. The van der Waals surface area contributed by atoms with Gasteiger partial charge in [0, 0.05) is 19.8 Å². The van der Waals surface area contributed by atoms with Gasteiger partial charge >= 0.3 is 0 Å². The van der Waals surface area contributed by atoms with Crippen molar-refractivity contribution in [2.24, 2.45) is 5.92 Å². The van der Waals surface area contributed by atoms with E-state index in [1.54, 1.807) is 7.11 Å². The van der Waals surface area contributed by atoms with Crippen LogP contribution in [0, 0.1) is 5.92 Å². The second kappa shape index (κ2) is 8.12. The number of hydrogen-bond donors (Lipinski definition) is 1. The molecule has 0 aromatic carbocycles. The van der Waals surface area contributed by atoms with Gasteiger partial charge in [-0.05, 0) is 38.6 Å². The van der Waals surface area contributed by atoms with E-state index in [4.69, 9.17) is 4.74 Å². The number of nitrogens with one attached hydrogen (secondary N) is 1. The lowest BCUT2D eigenvalue weighted by molar-refractivity contribution is 0.191. The summed E-state index contributed by atoms with van der Waals surface area (Å²) in [5.74, 6) is 0.912. The van der Waals surface area contributed by atoms with Gasteiger partial charge in [0.05, 0.1) is 0 Å². The van der Waals surface area contributed by atoms with Crippen LogP contribution in [0.2, 0.25) is 0 Å². The standard InChI is InChI=1S/C13H27NO/c1-12(14-10-7-11-15-2)13-8-5-3-4-6-9-13/h12-14H,3-11H2,1-2H3/t12-/m1/s1.